The lowest BCUT2D eigenvalue weighted by molar-refractivity contribution is 0.0393. The van der Waals surface area contributed by atoms with Crippen LogP contribution in [0.2, 0.25) is 0 Å². The molecule has 5 rings (SSSR count). The average Bonchev–Trinajstić information content (AvgIpc) is 3.37. The van der Waals surface area contributed by atoms with Crippen molar-refractivity contribution in [1.29, 1.82) is 0 Å². The Kier molecular flexibility index (Phi) is 10.6. The molecule has 1 aliphatic heterocycles. The van der Waals surface area contributed by atoms with Crippen LogP contribution in [-0.4, -0.2) is 70.0 Å². The van der Waals surface area contributed by atoms with Crippen molar-refractivity contribution in [2.45, 2.75) is 71.9 Å². The number of carbonyl (C=O) groups is 1. The molecule has 2 aromatic heterocycles. The largest absolute Gasteiger partial charge is 0.487 e. The number of rotatable bonds is 12. The highest BCUT2D eigenvalue weighted by Gasteiger charge is 2.28. The molecule has 2 N–H and O–H groups in total. The zero-order chi connectivity index (χ0) is 31.8. The molecule has 10 heteroatoms. The molecule has 1 aliphatic rings. The molecule has 4 aromatic rings. The van der Waals surface area contributed by atoms with Crippen molar-refractivity contribution >= 4 is 23.1 Å². The minimum atomic E-state index is -0.547. The Morgan fingerprint density at radius 2 is 1.73 bits per heavy atom. The van der Waals surface area contributed by atoms with Crippen LogP contribution in [0.25, 0.3) is 11.0 Å². The second-order valence-electron chi connectivity index (χ2n) is 12.4. The minimum Gasteiger partial charge on any atom is -0.487 e. The Bertz CT molecular complexity index is 1540. The van der Waals surface area contributed by atoms with E-state index in [-0.39, 0.29) is 12.1 Å². The number of benzene rings is 2. The van der Waals surface area contributed by atoms with E-state index in [9.17, 15) is 4.79 Å². The number of anilines is 1. The lowest BCUT2D eigenvalue weighted by Crippen LogP contribution is -2.43. The topological polar surface area (TPSA) is 103 Å². The van der Waals surface area contributed by atoms with Crippen LogP contribution >= 0.6 is 0 Å². The van der Waals surface area contributed by atoms with Gasteiger partial charge in [0, 0.05) is 44.5 Å². The number of alkyl carbamates (subject to hydrolysis) is 1. The molecule has 1 amide bonds. The lowest BCUT2D eigenvalue weighted by Gasteiger charge is -2.33. The zero-order valence-corrected chi connectivity index (χ0v) is 27.1. The van der Waals surface area contributed by atoms with Crippen molar-refractivity contribution in [3.8, 4) is 5.75 Å². The third-order valence-electron chi connectivity index (χ3n) is 7.67. The van der Waals surface area contributed by atoms with Crippen molar-refractivity contribution in [2.75, 3.05) is 38.1 Å². The molecule has 1 atom stereocenters. The number of hydrogen-bond acceptors (Lipinski definition) is 8. The van der Waals surface area contributed by atoms with Crippen LogP contribution < -0.4 is 15.4 Å². The summed E-state index contributed by atoms with van der Waals surface area (Å²) in [6.07, 6.45) is 0.972. The highest BCUT2D eigenvalue weighted by atomic mass is 16.6. The fourth-order valence-electron chi connectivity index (χ4n) is 5.53. The number of ether oxygens (including phenoxy) is 3. The number of amides is 1. The third kappa shape index (κ3) is 8.73. The number of fused-ring (bicyclic) bond motifs is 1. The fraction of sp³-hybridized carbons (Fsp3) is 0.457. The SMILES string of the molecule is CCOC(c1nc(C)ccc1OCc1ccccc1)n1c(NC2CCN(CCNC(=O)OC(C)(C)C)CC2)nc2ccccc21. The van der Waals surface area contributed by atoms with Gasteiger partial charge < -0.3 is 29.7 Å². The quantitative estimate of drug-likeness (QED) is 0.192. The number of para-hydroxylation sites is 2. The van der Waals surface area contributed by atoms with Gasteiger partial charge in [-0.3, -0.25) is 4.57 Å². The molecule has 45 heavy (non-hydrogen) atoms. The monoisotopic (exact) mass is 614 g/mol. The first-order valence-electron chi connectivity index (χ1n) is 15.9. The number of likely N-dealkylation sites (tertiary alicyclic amines) is 1. The number of aryl methyl sites for hydroxylation is 1. The molecule has 0 bridgehead atoms. The highest BCUT2D eigenvalue weighted by Crippen LogP contribution is 2.35. The molecule has 0 radical (unpaired) electrons. The Balaban J connectivity index is 1.32. The summed E-state index contributed by atoms with van der Waals surface area (Å²) in [6.45, 7) is 13.7. The van der Waals surface area contributed by atoms with Gasteiger partial charge in [-0.1, -0.05) is 42.5 Å². The summed E-state index contributed by atoms with van der Waals surface area (Å²) in [7, 11) is 0. The molecule has 10 nitrogen and oxygen atoms in total. The number of pyridine rings is 1. The Labute approximate surface area is 266 Å². The van der Waals surface area contributed by atoms with Gasteiger partial charge >= 0.3 is 6.09 Å². The van der Waals surface area contributed by atoms with E-state index >= 15 is 0 Å². The van der Waals surface area contributed by atoms with Crippen molar-refractivity contribution in [3.63, 3.8) is 0 Å². The van der Waals surface area contributed by atoms with Crippen molar-refractivity contribution in [1.82, 2.24) is 24.8 Å². The number of nitrogens with one attached hydrogen (secondary N) is 2. The summed E-state index contributed by atoms with van der Waals surface area (Å²) in [4.78, 5) is 24.4. The van der Waals surface area contributed by atoms with E-state index < -0.39 is 11.8 Å². The smallest absolute Gasteiger partial charge is 0.407 e. The molecule has 0 aliphatic carbocycles. The lowest BCUT2D eigenvalue weighted by atomic mass is 10.1. The first-order chi connectivity index (χ1) is 21.7. The van der Waals surface area contributed by atoms with Crippen LogP contribution in [0.5, 0.6) is 5.75 Å². The molecule has 1 fully saturated rings. The maximum Gasteiger partial charge on any atom is 0.407 e. The number of imidazole rings is 1. The van der Waals surface area contributed by atoms with E-state index in [1.165, 1.54) is 0 Å². The van der Waals surface area contributed by atoms with E-state index in [0.29, 0.717) is 31.2 Å². The maximum atomic E-state index is 12.0. The van der Waals surface area contributed by atoms with Gasteiger partial charge in [-0.15, -0.1) is 0 Å². The predicted molar refractivity (Wildman–Crippen MR) is 177 cm³/mol. The maximum absolute atomic E-state index is 12.0. The Morgan fingerprint density at radius 3 is 2.47 bits per heavy atom. The summed E-state index contributed by atoms with van der Waals surface area (Å²) >= 11 is 0. The van der Waals surface area contributed by atoms with Gasteiger partial charge in [-0.25, -0.2) is 14.8 Å². The van der Waals surface area contributed by atoms with Gasteiger partial charge in [0.2, 0.25) is 5.95 Å². The second kappa shape index (κ2) is 14.8. The third-order valence-corrected chi connectivity index (χ3v) is 7.67. The summed E-state index contributed by atoms with van der Waals surface area (Å²) < 4.78 is 20.3. The van der Waals surface area contributed by atoms with Gasteiger partial charge in [-0.2, -0.15) is 0 Å². The molecular formula is C35H46N6O4. The van der Waals surface area contributed by atoms with Gasteiger partial charge in [-0.05, 0) is 77.3 Å². The van der Waals surface area contributed by atoms with E-state index in [1.807, 2.05) is 83.1 Å². The predicted octanol–water partition coefficient (Wildman–Crippen LogP) is 6.30. The summed E-state index contributed by atoms with van der Waals surface area (Å²) in [5, 5.41) is 6.61. The molecular weight excluding hydrogens is 568 g/mol. The molecule has 2 aromatic carbocycles. The van der Waals surface area contributed by atoms with Crippen LogP contribution in [0, 0.1) is 6.92 Å². The minimum absolute atomic E-state index is 0.233. The van der Waals surface area contributed by atoms with E-state index in [0.717, 1.165) is 60.7 Å². The van der Waals surface area contributed by atoms with Gasteiger partial charge in [0.05, 0.1) is 11.0 Å². The molecule has 240 valence electrons. The van der Waals surface area contributed by atoms with Crippen LogP contribution in [0.4, 0.5) is 10.7 Å². The average molecular weight is 615 g/mol. The summed E-state index contributed by atoms with van der Waals surface area (Å²) in [6, 6.07) is 22.4. The van der Waals surface area contributed by atoms with Crippen molar-refractivity contribution in [3.05, 3.63) is 83.7 Å². The van der Waals surface area contributed by atoms with E-state index in [1.54, 1.807) is 0 Å². The Morgan fingerprint density at radius 1 is 1.00 bits per heavy atom. The number of piperidine rings is 1. The second-order valence-corrected chi connectivity index (χ2v) is 12.4. The number of carbonyl (C=O) groups excluding carboxylic acids is 1. The number of nitrogens with zero attached hydrogens (tertiary/aromatic N) is 4. The molecule has 3 heterocycles. The Hall–Kier alpha value is -4.15. The van der Waals surface area contributed by atoms with Crippen molar-refractivity contribution in [2.24, 2.45) is 0 Å². The summed E-state index contributed by atoms with van der Waals surface area (Å²) in [5.41, 5.74) is 4.02. The highest BCUT2D eigenvalue weighted by molar-refractivity contribution is 5.79. The molecule has 1 saturated heterocycles. The normalized spacial score (nSPS) is 15.1. The molecule has 1 unspecified atom stereocenters. The first kappa shape index (κ1) is 32.2. The van der Waals surface area contributed by atoms with Crippen LogP contribution in [0.3, 0.4) is 0 Å². The molecule has 0 saturated carbocycles. The standard InChI is InChI=1S/C35H46N6O4/c1-6-43-32(31-30(17-16-25(2)37-31)44-24-26-12-8-7-9-13-26)41-29-15-11-10-14-28(29)39-33(41)38-27-18-21-40(22-19-27)23-20-36-34(42)45-35(3,4)5/h7-17,27,32H,6,18-24H2,1-5H3,(H,36,42)(H,38,39). The van der Waals surface area contributed by atoms with Gasteiger partial charge in [0.25, 0.3) is 0 Å². The van der Waals surface area contributed by atoms with Gasteiger partial charge in [0.15, 0.2) is 6.23 Å². The van der Waals surface area contributed by atoms with Crippen molar-refractivity contribution < 1.29 is 19.0 Å². The number of aromatic nitrogens is 3. The van der Waals surface area contributed by atoms with E-state index in [2.05, 4.69) is 38.3 Å². The zero-order valence-electron chi connectivity index (χ0n) is 27.1. The fourth-order valence-corrected chi connectivity index (χ4v) is 5.53. The van der Waals surface area contributed by atoms with Crippen LogP contribution in [0.1, 0.15) is 63.7 Å². The van der Waals surface area contributed by atoms with E-state index in [4.69, 9.17) is 24.2 Å². The van der Waals surface area contributed by atoms with Gasteiger partial charge in [0.1, 0.15) is 23.7 Å². The van der Waals surface area contributed by atoms with Crippen LogP contribution in [-0.2, 0) is 16.1 Å². The van der Waals surface area contributed by atoms with Crippen LogP contribution in [0.15, 0.2) is 66.7 Å². The first-order valence-corrected chi connectivity index (χ1v) is 15.9. The molecule has 0 spiro atoms. The number of hydrogen-bond donors (Lipinski definition) is 2. The summed E-state index contributed by atoms with van der Waals surface area (Å²) in [5.74, 6) is 1.43.